The highest BCUT2D eigenvalue weighted by molar-refractivity contribution is 7.92. The lowest BCUT2D eigenvalue weighted by atomic mass is 10.1. The summed E-state index contributed by atoms with van der Waals surface area (Å²) < 4.78 is 33.3. The number of nitrogens with one attached hydrogen (secondary N) is 2. The number of rotatable bonds is 4. The van der Waals surface area contributed by atoms with Gasteiger partial charge in [0, 0.05) is 22.8 Å². The summed E-state index contributed by atoms with van der Waals surface area (Å²) in [5.41, 5.74) is 0.394. The molecule has 4 rings (SSSR count). The minimum atomic E-state index is -4.03. The Kier molecular flexibility index (Phi) is 4.80. The average molecular weight is 446 g/mol. The van der Waals surface area contributed by atoms with Crippen LogP contribution in [-0.2, 0) is 10.0 Å². The van der Waals surface area contributed by atoms with Crippen LogP contribution in [0.1, 0.15) is 10.4 Å². The van der Waals surface area contributed by atoms with Crippen molar-refractivity contribution in [2.45, 2.75) is 4.90 Å². The number of amides is 1. The molecule has 0 saturated carbocycles. The van der Waals surface area contributed by atoms with Crippen molar-refractivity contribution in [1.82, 2.24) is 0 Å². The van der Waals surface area contributed by atoms with Crippen LogP contribution in [0.2, 0.25) is 5.02 Å². The van der Waals surface area contributed by atoms with E-state index in [1.165, 1.54) is 18.2 Å². The van der Waals surface area contributed by atoms with Crippen LogP contribution >= 0.6 is 11.6 Å². The van der Waals surface area contributed by atoms with Crippen molar-refractivity contribution in [3.8, 4) is 11.5 Å². The molecule has 1 aliphatic rings. The number of carbonyl (C=O) groups is 1. The first-order chi connectivity index (χ1) is 14.2. The van der Waals surface area contributed by atoms with E-state index in [4.69, 9.17) is 16.3 Å². The minimum absolute atomic E-state index is 0.117. The first-order valence-electron chi connectivity index (χ1n) is 8.43. The number of non-ortho nitro benzene ring substituents is 1. The summed E-state index contributed by atoms with van der Waals surface area (Å²) in [6, 6.07) is 13.4. The molecule has 0 atom stereocenters. The Hall–Kier alpha value is -3.63. The molecule has 0 bridgehead atoms. The smallest absolute Gasteiger partial charge is 0.269 e. The van der Waals surface area contributed by atoms with Gasteiger partial charge in [0.2, 0.25) is 0 Å². The second-order valence-electron chi connectivity index (χ2n) is 6.26. The highest BCUT2D eigenvalue weighted by atomic mass is 35.5. The molecule has 0 aliphatic carbocycles. The van der Waals surface area contributed by atoms with Crippen LogP contribution in [0, 0.1) is 10.1 Å². The van der Waals surface area contributed by atoms with Crippen LogP contribution in [0.3, 0.4) is 0 Å². The van der Waals surface area contributed by atoms with Crippen molar-refractivity contribution in [3.63, 3.8) is 0 Å². The zero-order chi connectivity index (χ0) is 21.5. The quantitative estimate of drug-likeness (QED) is 0.452. The fourth-order valence-corrected chi connectivity index (χ4v) is 4.04. The van der Waals surface area contributed by atoms with E-state index < -0.39 is 20.9 Å². The van der Waals surface area contributed by atoms with Gasteiger partial charge in [-0.05, 0) is 48.5 Å². The van der Waals surface area contributed by atoms with Gasteiger partial charge in [0.25, 0.3) is 21.6 Å². The number of fused-ring (bicyclic) bond motifs is 2. The Morgan fingerprint density at radius 3 is 2.40 bits per heavy atom. The molecule has 0 unspecified atom stereocenters. The number of sulfonamides is 1. The predicted molar refractivity (Wildman–Crippen MR) is 110 cm³/mol. The molecule has 0 aromatic heterocycles. The van der Waals surface area contributed by atoms with Gasteiger partial charge in [-0.1, -0.05) is 11.6 Å². The maximum Gasteiger partial charge on any atom is 0.269 e. The monoisotopic (exact) mass is 445 g/mol. The molecule has 3 aromatic carbocycles. The van der Waals surface area contributed by atoms with Crippen LogP contribution in [0.5, 0.6) is 11.5 Å². The summed E-state index contributed by atoms with van der Waals surface area (Å²) in [6.07, 6.45) is 0. The second-order valence-corrected chi connectivity index (χ2v) is 8.38. The Morgan fingerprint density at radius 2 is 1.70 bits per heavy atom. The lowest BCUT2D eigenvalue weighted by Crippen LogP contribution is -2.15. The van der Waals surface area contributed by atoms with Gasteiger partial charge in [0.1, 0.15) is 5.75 Å². The van der Waals surface area contributed by atoms with E-state index in [1.54, 1.807) is 18.2 Å². The van der Waals surface area contributed by atoms with Crippen LogP contribution in [0.15, 0.2) is 65.6 Å². The van der Waals surface area contributed by atoms with E-state index in [0.29, 0.717) is 16.5 Å². The van der Waals surface area contributed by atoms with E-state index in [0.717, 1.165) is 24.3 Å². The van der Waals surface area contributed by atoms with Gasteiger partial charge in [0.05, 0.1) is 21.1 Å². The molecule has 1 heterocycles. The molecule has 30 heavy (non-hydrogen) atoms. The molecule has 3 aromatic rings. The van der Waals surface area contributed by atoms with Gasteiger partial charge in [-0.15, -0.1) is 0 Å². The highest BCUT2D eigenvalue weighted by Crippen LogP contribution is 2.38. The number of halogens is 1. The first kappa shape index (κ1) is 19.7. The predicted octanol–water partition coefficient (Wildman–Crippen LogP) is 4.41. The molecule has 1 amide bonds. The number of nitrogens with zero attached hydrogens (tertiary/aromatic N) is 1. The van der Waals surface area contributed by atoms with Crippen molar-refractivity contribution >= 4 is 44.6 Å². The molecule has 2 N–H and O–H groups in total. The molecule has 0 saturated heterocycles. The van der Waals surface area contributed by atoms with Crippen molar-refractivity contribution in [2.75, 3.05) is 10.0 Å². The highest BCUT2D eigenvalue weighted by Gasteiger charge is 2.23. The first-order valence-corrected chi connectivity index (χ1v) is 10.3. The van der Waals surface area contributed by atoms with Gasteiger partial charge < -0.3 is 10.1 Å². The van der Waals surface area contributed by atoms with E-state index in [-0.39, 0.29) is 27.6 Å². The van der Waals surface area contributed by atoms with Gasteiger partial charge in [-0.3, -0.25) is 19.6 Å². The minimum Gasteiger partial charge on any atom is -0.454 e. The van der Waals surface area contributed by atoms with E-state index >= 15 is 0 Å². The molecular formula is C19H12ClN3O6S. The largest absolute Gasteiger partial charge is 0.454 e. The zero-order valence-electron chi connectivity index (χ0n) is 15.0. The number of anilines is 2. The Morgan fingerprint density at radius 1 is 1.00 bits per heavy atom. The van der Waals surface area contributed by atoms with Crippen molar-refractivity contribution in [1.29, 1.82) is 0 Å². The molecule has 0 spiro atoms. The third kappa shape index (κ3) is 3.78. The van der Waals surface area contributed by atoms with E-state index in [1.807, 2.05) is 0 Å². The van der Waals surface area contributed by atoms with Gasteiger partial charge in [0.15, 0.2) is 5.75 Å². The Bertz CT molecular complexity index is 1290. The van der Waals surface area contributed by atoms with Crippen LogP contribution < -0.4 is 14.8 Å². The standard InChI is InChI=1S/C19H12ClN3O6S/c20-11-1-7-18-16(9-11)21-19(24)15-10-12(2-8-17(15)29-18)22-30(27,28)14-5-3-13(4-6-14)23(25)26/h1-10,22H,(H,21,24). The van der Waals surface area contributed by atoms with Gasteiger partial charge in [-0.25, -0.2) is 8.42 Å². The Labute approximate surface area is 175 Å². The fourth-order valence-electron chi connectivity index (χ4n) is 2.82. The summed E-state index contributed by atoms with van der Waals surface area (Å²) in [6.45, 7) is 0. The number of carbonyl (C=O) groups excluding carboxylic acids is 1. The third-order valence-corrected chi connectivity index (χ3v) is 5.88. The molecule has 0 radical (unpaired) electrons. The van der Waals surface area contributed by atoms with Crippen LogP contribution in [0.25, 0.3) is 0 Å². The summed E-state index contributed by atoms with van der Waals surface area (Å²) in [7, 11) is -4.03. The summed E-state index contributed by atoms with van der Waals surface area (Å²) in [4.78, 5) is 22.5. The number of nitro benzene ring substituents is 1. The van der Waals surface area contributed by atoms with Crippen molar-refractivity contribution in [2.24, 2.45) is 0 Å². The van der Waals surface area contributed by atoms with E-state index in [2.05, 4.69) is 10.0 Å². The molecule has 152 valence electrons. The molecule has 0 fully saturated rings. The van der Waals surface area contributed by atoms with Crippen LogP contribution in [0.4, 0.5) is 17.1 Å². The molecule has 1 aliphatic heterocycles. The maximum atomic E-state index is 12.6. The molecule has 11 heteroatoms. The van der Waals surface area contributed by atoms with Gasteiger partial charge >= 0.3 is 0 Å². The number of ether oxygens (including phenoxy) is 1. The van der Waals surface area contributed by atoms with Crippen LogP contribution in [-0.4, -0.2) is 19.2 Å². The summed E-state index contributed by atoms with van der Waals surface area (Å²) in [5, 5.41) is 13.8. The summed E-state index contributed by atoms with van der Waals surface area (Å²) >= 11 is 5.95. The number of benzene rings is 3. The number of nitro groups is 1. The lowest BCUT2D eigenvalue weighted by Gasteiger charge is -2.11. The topological polar surface area (TPSA) is 128 Å². The van der Waals surface area contributed by atoms with E-state index in [9.17, 15) is 23.3 Å². The van der Waals surface area contributed by atoms with Crippen molar-refractivity contribution < 1.29 is 22.9 Å². The van der Waals surface area contributed by atoms with Crippen molar-refractivity contribution in [3.05, 3.63) is 81.4 Å². The third-order valence-electron chi connectivity index (χ3n) is 4.24. The second kappa shape index (κ2) is 7.32. The molecular weight excluding hydrogens is 434 g/mol. The lowest BCUT2D eigenvalue weighted by molar-refractivity contribution is -0.384. The Balaban J connectivity index is 1.63. The maximum absolute atomic E-state index is 12.6. The normalized spacial score (nSPS) is 12.6. The van der Waals surface area contributed by atoms with Gasteiger partial charge in [-0.2, -0.15) is 0 Å². The number of hydrogen-bond donors (Lipinski definition) is 2. The SMILES string of the molecule is O=C1Nc2cc(Cl)ccc2Oc2ccc(NS(=O)(=O)c3ccc([N+](=O)[O-])cc3)cc21. The average Bonchev–Trinajstić information content (AvgIpc) is 2.83. The fraction of sp³-hybridized carbons (Fsp3) is 0. The number of hydrogen-bond acceptors (Lipinski definition) is 6. The zero-order valence-corrected chi connectivity index (χ0v) is 16.5. The molecule has 9 nitrogen and oxygen atoms in total. The summed E-state index contributed by atoms with van der Waals surface area (Å²) in [5.74, 6) is 0.139.